The Morgan fingerprint density at radius 1 is 1.19 bits per heavy atom. The molecule has 1 aromatic heterocycles. The molecular weight excluding hydrogens is 520 g/mol. The van der Waals surface area contributed by atoms with Gasteiger partial charge in [-0.3, -0.25) is 4.79 Å². The van der Waals surface area contributed by atoms with Crippen LogP contribution in [0.5, 0.6) is 0 Å². The standard InChI is InChI=1S/C22H22BrClN2O3S2/c1-14-18-12-17(24)9-10-20(18)30-22(14)31(28,29)26(13-15-5-7-16(23)8-6-15)19-4-2-3-11-25-21(19)27/h5-10,12,19H,2-4,11,13H2,1H3,(H,25,27). The minimum Gasteiger partial charge on any atom is -0.355 e. The van der Waals surface area contributed by atoms with Crippen molar-refractivity contribution in [3.05, 3.63) is 63.1 Å². The van der Waals surface area contributed by atoms with E-state index >= 15 is 0 Å². The summed E-state index contributed by atoms with van der Waals surface area (Å²) in [5.41, 5.74) is 1.49. The number of thiophene rings is 1. The molecule has 2 aromatic carbocycles. The Balaban J connectivity index is 1.82. The van der Waals surface area contributed by atoms with Gasteiger partial charge in [-0.1, -0.05) is 39.7 Å². The van der Waals surface area contributed by atoms with Crippen molar-refractivity contribution < 1.29 is 13.2 Å². The fraction of sp³-hybridized carbons (Fsp3) is 0.318. The molecule has 1 unspecified atom stereocenters. The average Bonchev–Trinajstić information content (AvgIpc) is 2.92. The molecule has 0 radical (unpaired) electrons. The molecule has 1 fully saturated rings. The van der Waals surface area contributed by atoms with E-state index in [1.165, 1.54) is 15.6 Å². The van der Waals surface area contributed by atoms with Crippen molar-refractivity contribution in [1.29, 1.82) is 0 Å². The molecular formula is C22H22BrClN2O3S2. The predicted molar refractivity (Wildman–Crippen MR) is 129 cm³/mol. The predicted octanol–water partition coefficient (Wildman–Crippen LogP) is 5.49. The Morgan fingerprint density at radius 2 is 1.94 bits per heavy atom. The highest BCUT2D eigenvalue weighted by Crippen LogP contribution is 2.38. The molecule has 1 aliphatic rings. The second-order valence-corrected chi connectivity index (χ2v) is 12.1. The summed E-state index contributed by atoms with van der Waals surface area (Å²) >= 11 is 10.8. The number of sulfonamides is 1. The zero-order valence-corrected chi connectivity index (χ0v) is 20.9. The molecule has 4 rings (SSSR count). The fourth-order valence-electron chi connectivity index (χ4n) is 3.85. The van der Waals surface area contributed by atoms with Crippen LogP contribution in [-0.2, 0) is 21.4 Å². The molecule has 1 saturated heterocycles. The van der Waals surface area contributed by atoms with Crippen LogP contribution in [0.25, 0.3) is 10.1 Å². The first-order valence-electron chi connectivity index (χ1n) is 10.00. The molecule has 164 valence electrons. The third-order valence-electron chi connectivity index (χ3n) is 5.50. The number of nitrogens with one attached hydrogen (secondary N) is 1. The molecule has 0 bridgehead atoms. The van der Waals surface area contributed by atoms with Gasteiger partial charge in [-0.25, -0.2) is 8.42 Å². The van der Waals surface area contributed by atoms with Crippen molar-refractivity contribution in [2.24, 2.45) is 0 Å². The number of amides is 1. The smallest absolute Gasteiger partial charge is 0.253 e. The van der Waals surface area contributed by atoms with Gasteiger partial charge in [0, 0.05) is 27.3 Å². The zero-order valence-electron chi connectivity index (χ0n) is 16.9. The van der Waals surface area contributed by atoms with Crippen molar-refractivity contribution in [3.63, 3.8) is 0 Å². The van der Waals surface area contributed by atoms with E-state index in [0.29, 0.717) is 23.6 Å². The van der Waals surface area contributed by atoms with Crippen molar-refractivity contribution >= 4 is 64.9 Å². The number of benzene rings is 2. The maximum atomic E-state index is 14.0. The maximum Gasteiger partial charge on any atom is 0.253 e. The van der Waals surface area contributed by atoms with Crippen molar-refractivity contribution in [2.75, 3.05) is 6.54 Å². The molecule has 31 heavy (non-hydrogen) atoms. The topological polar surface area (TPSA) is 66.5 Å². The molecule has 0 aliphatic carbocycles. The molecule has 1 atom stereocenters. The molecule has 0 spiro atoms. The lowest BCUT2D eigenvalue weighted by molar-refractivity contribution is -0.124. The van der Waals surface area contributed by atoms with Gasteiger partial charge in [0.15, 0.2) is 0 Å². The van der Waals surface area contributed by atoms with Crippen LogP contribution >= 0.6 is 38.9 Å². The quantitative estimate of drug-likeness (QED) is 0.465. The van der Waals surface area contributed by atoms with Gasteiger partial charge >= 0.3 is 0 Å². The molecule has 2 heterocycles. The number of fused-ring (bicyclic) bond motifs is 1. The van der Waals surface area contributed by atoms with E-state index in [2.05, 4.69) is 21.2 Å². The average molecular weight is 542 g/mol. The fourth-order valence-corrected chi connectivity index (χ4v) is 7.75. The van der Waals surface area contributed by atoms with E-state index in [-0.39, 0.29) is 16.7 Å². The first kappa shape index (κ1) is 22.7. The monoisotopic (exact) mass is 540 g/mol. The van der Waals surface area contributed by atoms with Crippen LogP contribution in [0.1, 0.15) is 30.4 Å². The van der Waals surface area contributed by atoms with Crippen LogP contribution in [-0.4, -0.2) is 31.2 Å². The number of carbonyl (C=O) groups excluding carboxylic acids is 1. The zero-order chi connectivity index (χ0) is 22.2. The molecule has 9 heteroatoms. The number of rotatable bonds is 5. The van der Waals surface area contributed by atoms with Gasteiger partial charge in [-0.15, -0.1) is 11.3 Å². The lowest BCUT2D eigenvalue weighted by atomic mass is 10.1. The van der Waals surface area contributed by atoms with Gasteiger partial charge in [0.1, 0.15) is 10.3 Å². The molecule has 0 saturated carbocycles. The minimum absolute atomic E-state index is 0.127. The number of halogens is 2. The lowest BCUT2D eigenvalue weighted by Gasteiger charge is -2.29. The largest absolute Gasteiger partial charge is 0.355 e. The third-order valence-corrected chi connectivity index (χ3v) is 9.99. The third kappa shape index (κ3) is 4.68. The summed E-state index contributed by atoms with van der Waals surface area (Å²) in [6, 6.07) is 12.1. The molecule has 5 nitrogen and oxygen atoms in total. The first-order valence-corrected chi connectivity index (χ1v) is 13.4. The maximum absolute atomic E-state index is 14.0. The first-order chi connectivity index (χ1) is 14.8. The van der Waals surface area contributed by atoms with E-state index in [1.807, 2.05) is 30.3 Å². The van der Waals surface area contributed by atoms with Crippen LogP contribution in [0.3, 0.4) is 0 Å². The van der Waals surface area contributed by atoms with E-state index in [1.54, 1.807) is 19.1 Å². The van der Waals surface area contributed by atoms with Crippen LogP contribution in [0, 0.1) is 6.92 Å². The number of hydrogen-bond donors (Lipinski definition) is 1. The van der Waals surface area contributed by atoms with Gasteiger partial charge in [0.05, 0.1) is 0 Å². The van der Waals surface area contributed by atoms with Crippen molar-refractivity contribution in [1.82, 2.24) is 9.62 Å². The normalized spacial score (nSPS) is 17.7. The summed E-state index contributed by atoms with van der Waals surface area (Å²) in [4.78, 5) is 12.8. The van der Waals surface area contributed by atoms with Gasteiger partial charge in [0.2, 0.25) is 5.91 Å². The minimum atomic E-state index is -3.93. The van der Waals surface area contributed by atoms with E-state index in [0.717, 1.165) is 33.0 Å². The highest BCUT2D eigenvalue weighted by atomic mass is 79.9. The van der Waals surface area contributed by atoms with Crippen molar-refractivity contribution in [2.45, 2.75) is 43.0 Å². The number of nitrogens with zero attached hydrogens (tertiary/aromatic N) is 1. The van der Waals surface area contributed by atoms with Crippen LogP contribution in [0.4, 0.5) is 0 Å². The summed E-state index contributed by atoms with van der Waals surface area (Å²) in [6.07, 6.45) is 2.13. The highest BCUT2D eigenvalue weighted by Gasteiger charge is 2.38. The van der Waals surface area contributed by atoms with Gasteiger partial charge in [0.25, 0.3) is 10.0 Å². The lowest BCUT2D eigenvalue weighted by Crippen LogP contribution is -2.48. The molecule has 1 aliphatic heterocycles. The van der Waals surface area contributed by atoms with Crippen LogP contribution < -0.4 is 5.32 Å². The summed E-state index contributed by atoms with van der Waals surface area (Å²) in [6.45, 7) is 2.50. The van der Waals surface area contributed by atoms with E-state index in [4.69, 9.17) is 11.6 Å². The second-order valence-electron chi connectivity index (χ2n) is 7.63. The Labute approximate surface area is 199 Å². The summed E-state index contributed by atoms with van der Waals surface area (Å²) in [5, 5.41) is 4.26. The Kier molecular flexibility index (Phi) is 6.74. The van der Waals surface area contributed by atoms with Crippen molar-refractivity contribution in [3.8, 4) is 0 Å². The number of carbonyl (C=O) groups is 1. The van der Waals surface area contributed by atoms with Crippen LogP contribution in [0.2, 0.25) is 5.02 Å². The number of aryl methyl sites for hydroxylation is 1. The SMILES string of the molecule is Cc1c(S(=O)(=O)N(Cc2ccc(Br)cc2)C2CCCCNC2=O)sc2ccc(Cl)cc12. The molecule has 3 aromatic rings. The Morgan fingerprint density at radius 3 is 2.68 bits per heavy atom. The Hall–Kier alpha value is -1.45. The highest BCUT2D eigenvalue weighted by molar-refractivity contribution is 9.10. The number of hydrogen-bond acceptors (Lipinski definition) is 4. The van der Waals surface area contributed by atoms with E-state index < -0.39 is 16.1 Å². The Bertz CT molecular complexity index is 1230. The van der Waals surface area contributed by atoms with Crippen LogP contribution in [0.15, 0.2) is 51.1 Å². The molecule has 1 amide bonds. The van der Waals surface area contributed by atoms with Gasteiger partial charge in [-0.05, 0) is 73.0 Å². The summed E-state index contributed by atoms with van der Waals surface area (Å²) < 4.78 is 31.3. The van der Waals surface area contributed by atoms with E-state index in [9.17, 15) is 13.2 Å². The summed E-state index contributed by atoms with van der Waals surface area (Å²) in [5.74, 6) is -0.236. The van der Waals surface area contributed by atoms with Gasteiger partial charge < -0.3 is 5.32 Å². The summed E-state index contributed by atoms with van der Waals surface area (Å²) in [7, 11) is -3.93. The molecule has 1 N–H and O–H groups in total. The van der Waals surface area contributed by atoms with Gasteiger partial charge in [-0.2, -0.15) is 4.31 Å². The second kappa shape index (κ2) is 9.19.